The number of rotatable bonds is 13. The number of ether oxygens (including phenoxy) is 3. The van der Waals surface area contributed by atoms with E-state index in [0.717, 1.165) is 16.9 Å². The lowest BCUT2D eigenvalue weighted by atomic mass is 10.2. The molecule has 2 aromatic carbocycles. The molecule has 0 amide bonds. The Hall–Kier alpha value is -2.78. The summed E-state index contributed by atoms with van der Waals surface area (Å²) in [6, 6.07) is 15.7. The number of benzene rings is 2. The molecule has 184 valence electrons. The molecule has 0 saturated heterocycles. The molecule has 0 aliphatic heterocycles. The normalized spacial score (nSPS) is 12.5. The van der Waals surface area contributed by atoms with Gasteiger partial charge in [0.1, 0.15) is 11.6 Å². The smallest absolute Gasteiger partial charge is 0.227 e. The number of nitrogens with zero attached hydrogens (tertiary/aromatic N) is 3. The summed E-state index contributed by atoms with van der Waals surface area (Å²) in [5.74, 6) is 0.508. The van der Waals surface area contributed by atoms with Crippen molar-refractivity contribution in [1.29, 1.82) is 0 Å². The van der Waals surface area contributed by atoms with Gasteiger partial charge >= 0.3 is 0 Å². The summed E-state index contributed by atoms with van der Waals surface area (Å²) in [7, 11) is 1.65. The van der Waals surface area contributed by atoms with Gasteiger partial charge in [0.2, 0.25) is 5.88 Å². The van der Waals surface area contributed by atoms with Gasteiger partial charge < -0.3 is 19.3 Å². The standard InChI is InChI=1S/C26H34FN3O4/c1-19(2)33-18-23(31)16-29(13-14-32-4)17-25-20(3)28-30(22-10-6-5-7-11-22)26(25)34-24-12-8-9-21(27)15-24/h5-12,15,19,23,31H,13-14,16-18H2,1-4H3/t23-/m0/s1. The Labute approximate surface area is 200 Å². The first-order valence-electron chi connectivity index (χ1n) is 11.5. The van der Waals surface area contributed by atoms with E-state index >= 15 is 0 Å². The number of methoxy groups -OCH3 is 1. The number of aryl methyl sites for hydroxylation is 1. The first kappa shape index (κ1) is 25.8. The first-order valence-corrected chi connectivity index (χ1v) is 11.5. The SMILES string of the molecule is COCCN(Cc1c(C)nn(-c2ccccc2)c1Oc1cccc(F)c1)C[C@H](O)COC(C)C. The minimum absolute atomic E-state index is 0.0414. The zero-order chi connectivity index (χ0) is 24.5. The van der Waals surface area contributed by atoms with Crippen molar-refractivity contribution >= 4 is 0 Å². The lowest BCUT2D eigenvalue weighted by molar-refractivity contribution is -0.0122. The predicted octanol–water partition coefficient (Wildman–Crippen LogP) is 4.35. The molecule has 3 aromatic rings. The molecule has 3 rings (SSSR count). The van der Waals surface area contributed by atoms with Gasteiger partial charge in [0.25, 0.3) is 0 Å². The number of halogens is 1. The molecule has 0 fully saturated rings. The largest absolute Gasteiger partial charge is 0.438 e. The van der Waals surface area contributed by atoms with Crippen molar-refractivity contribution in [3.05, 3.63) is 71.7 Å². The van der Waals surface area contributed by atoms with E-state index in [1.165, 1.54) is 12.1 Å². The van der Waals surface area contributed by atoms with E-state index in [9.17, 15) is 9.50 Å². The maximum absolute atomic E-state index is 13.9. The van der Waals surface area contributed by atoms with Crippen molar-refractivity contribution in [2.45, 2.75) is 39.5 Å². The molecule has 1 heterocycles. The van der Waals surface area contributed by atoms with E-state index in [0.29, 0.717) is 37.9 Å². The van der Waals surface area contributed by atoms with Crippen molar-refractivity contribution in [3.63, 3.8) is 0 Å². The van der Waals surface area contributed by atoms with Gasteiger partial charge in [-0.25, -0.2) is 9.07 Å². The molecule has 8 heteroatoms. The summed E-state index contributed by atoms with van der Waals surface area (Å²) in [5, 5.41) is 15.3. The van der Waals surface area contributed by atoms with Crippen LogP contribution in [0.3, 0.4) is 0 Å². The van der Waals surface area contributed by atoms with E-state index in [1.807, 2.05) is 51.1 Å². The third kappa shape index (κ3) is 7.36. The van der Waals surface area contributed by atoms with Crippen LogP contribution in [0.5, 0.6) is 11.6 Å². The number of hydrogen-bond acceptors (Lipinski definition) is 6. The van der Waals surface area contributed by atoms with Crippen LogP contribution < -0.4 is 4.74 Å². The second-order valence-corrected chi connectivity index (χ2v) is 8.44. The van der Waals surface area contributed by atoms with Gasteiger partial charge in [-0.2, -0.15) is 5.10 Å². The summed E-state index contributed by atoms with van der Waals surface area (Å²) in [5.41, 5.74) is 2.46. The summed E-state index contributed by atoms with van der Waals surface area (Å²) in [6.45, 7) is 8.00. The molecule has 0 unspecified atom stereocenters. The van der Waals surface area contributed by atoms with Gasteiger partial charge in [-0.15, -0.1) is 0 Å². The van der Waals surface area contributed by atoms with Gasteiger partial charge in [0.05, 0.1) is 42.4 Å². The number of aliphatic hydroxyl groups excluding tert-OH is 1. The van der Waals surface area contributed by atoms with Crippen LogP contribution in [0.15, 0.2) is 54.6 Å². The van der Waals surface area contributed by atoms with Crippen molar-refractivity contribution in [3.8, 4) is 17.3 Å². The molecule has 34 heavy (non-hydrogen) atoms. The quantitative estimate of drug-likeness (QED) is 0.400. The average Bonchev–Trinajstić information content (AvgIpc) is 3.11. The second kappa shape index (κ2) is 12.6. The molecule has 1 N–H and O–H groups in total. The van der Waals surface area contributed by atoms with Crippen molar-refractivity contribution in [2.24, 2.45) is 0 Å². The molecule has 0 spiro atoms. The fourth-order valence-corrected chi connectivity index (χ4v) is 3.54. The van der Waals surface area contributed by atoms with Crippen molar-refractivity contribution in [1.82, 2.24) is 14.7 Å². The molecular weight excluding hydrogens is 437 g/mol. The lowest BCUT2D eigenvalue weighted by Crippen LogP contribution is -2.37. The molecule has 0 bridgehead atoms. The van der Waals surface area contributed by atoms with E-state index < -0.39 is 6.10 Å². The first-order chi connectivity index (χ1) is 16.4. The zero-order valence-electron chi connectivity index (χ0n) is 20.3. The van der Waals surface area contributed by atoms with Gasteiger partial charge in [0.15, 0.2) is 0 Å². The minimum atomic E-state index is -0.656. The van der Waals surface area contributed by atoms with E-state index in [2.05, 4.69) is 4.90 Å². The Kier molecular flexibility index (Phi) is 9.59. The van der Waals surface area contributed by atoms with Crippen LogP contribution in [0.2, 0.25) is 0 Å². The van der Waals surface area contributed by atoms with Gasteiger partial charge in [-0.1, -0.05) is 24.3 Å². The average molecular weight is 472 g/mol. The number of para-hydroxylation sites is 1. The van der Waals surface area contributed by atoms with Crippen LogP contribution in [0.4, 0.5) is 4.39 Å². The Morgan fingerprint density at radius 1 is 1.12 bits per heavy atom. The van der Waals surface area contributed by atoms with Crippen molar-refractivity contribution < 1.29 is 23.7 Å². The topological polar surface area (TPSA) is 69.0 Å². The Morgan fingerprint density at radius 2 is 1.88 bits per heavy atom. The van der Waals surface area contributed by atoms with Crippen LogP contribution >= 0.6 is 0 Å². The van der Waals surface area contributed by atoms with Gasteiger partial charge in [0, 0.05) is 32.8 Å². The molecule has 0 radical (unpaired) electrons. The summed E-state index contributed by atoms with van der Waals surface area (Å²) < 4.78 is 32.6. The van der Waals surface area contributed by atoms with E-state index in [4.69, 9.17) is 19.3 Å². The van der Waals surface area contributed by atoms with Crippen molar-refractivity contribution in [2.75, 3.05) is 33.4 Å². The van der Waals surface area contributed by atoms with Gasteiger partial charge in [-0.3, -0.25) is 4.90 Å². The third-order valence-corrected chi connectivity index (χ3v) is 5.23. The van der Waals surface area contributed by atoms with Crippen LogP contribution in [-0.2, 0) is 16.0 Å². The molecular formula is C26H34FN3O4. The fraction of sp³-hybridized carbons (Fsp3) is 0.423. The summed E-state index contributed by atoms with van der Waals surface area (Å²) in [4.78, 5) is 2.08. The number of hydrogen-bond donors (Lipinski definition) is 1. The minimum Gasteiger partial charge on any atom is -0.438 e. The Bertz CT molecular complexity index is 1030. The van der Waals surface area contributed by atoms with Gasteiger partial charge in [-0.05, 0) is 45.0 Å². The van der Waals surface area contributed by atoms with Crippen LogP contribution in [0.25, 0.3) is 5.69 Å². The molecule has 0 aliphatic rings. The highest BCUT2D eigenvalue weighted by molar-refractivity contribution is 5.43. The molecule has 1 aromatic heterocycles. The molecule has 7 nitrogen and oxygen atoms in total. The number of aliphatic hydroxyl groups is 1. The van der Waals surface area contributed by atoms with Crippen LogP contribution in [-0.4, -0.2) is 65.4 Å². The molecule has 1 atom stereocenters. The summed E-state index contributed by atoms with van der Waals surface area (Å²) in [6.07, 6.45) is -0.615. The fourth-order valence-electron chi connectivity index (χ4n) is 3.54. The molecule has 0 aliphatic carbocycles. The van der Waals surface area contributed by atoms with Crippen LogP contribution in [0, 0.1) is 12.7 Å². The Morgan fingerprint density at radius 3 is 2.56 bits per heavy atom. The summed E-state index contributed by atoms with van der Waals surface area (Å²) >= 11 is 0. The highest BCUT2D eigenvalue weighted by Crippen LogP contribution is 2.32. The van der Waals surface area contributed by atoms with E-state index in [1.54, 1.807) is 23.9 Å². The monoisotopic (exact) mass is 471 g/mol. The number of aromatic nitrogens is 2. The predicted molar refractivity (Wildman–Crippen MR) is 129 cm³/mol. The third-order valence-electron chi connectivity index (χ3n) is 5.23. The zero-order valence-corrected chi connectivity index (χ0v) is 20.3. The molecule has 0 saturated carbocycles. The maximum Gasteiger partial charge on any atom is 0.227 e. The highest BCUT2D eigenvalue weighted by Gasteiger charge is 2.23. The Balaban J connectivity index is 1.93. The second-order valence-electron chi connectivity index (χ2n) is 8.44. The highest BCUT2D eigenvalue weighted by atomic mass is 19.1. The maximum atomic E-state index is 13.9. The van der Waals surface area contributed by atoms with E-state index in [-0.39, 0.29) is 18.5 Å². The van der Waals surface area contributed by atoms with Crippen LogP contribution in [0.1, 0.15) is 25.1 Å². The lowest BCUT2D eigenvalue weighted by Gasteiger charge is -2.25.